The molecule has 0 aromatic heterocycles. The highest BCUT2D eigenvalue weighted by molar-refractivity contribution is 4.91. The van der Waals surface area contributed by atoms with Gasteiger partial charge in [-0.05, 0) is 25.7 Å². The molecular weight excluding hydrogens is 114 g/mol. The molecule has 0 aromatic carbocycles. The lowest BCUT2D eigenvalue weighted by Crippen LogP contribution is -2.39. The third-order valence-corrected chi connectivity index (χ3v) is 2.43. The molecule has 2 saturated heterocycles. The Balaban J connectivity index is 2.03. The van der Waals surface area contributed by atoms with Crippen LogP contribution < -0.4 is 5.32 Å². The maximum atomic E-state index is 11.0. The van der Waals surface area contributed by atoms with E-state index in [1.807, 2.05) is 0 Å². The summed E-state index contributed by atoms with van der Waals surface area (Å²) in [6, 6.07) is 1.15. The number of fused-ring (bicyclic) bond motifs is 2. The highest BCUT2D eigenvalue weighted by Crippen LogP contribution is 2.26. The molecule has 2 aliphatic heterocycles. The van der Waals surface area contributed by atoms with Crippen LogP contribution in [0.4, 0.5) is 0 Å². The van der Waals surface area contributed by atoms with Crippen molar-refractivity contribution in [1.29, 1.82) is 0 Å². The van der Waals surface area contributed by atoms with Crippen LogP contribution in [0.1, 0.15) is 25.7 Å². The minimum absolute atomic E-state index is 0.260. The Bertz CT molecular complexity index is 103. The first-order chi connectivity index (χ1) is 4.34. The fraction of sp³-hybridized carbons (Fsp3) is 1.00. The normalized spacial score (nSPS) is 49.7. The third-order valence-electron chi connectivity index (χ3n) is 2.43. The van der Waals surface area contributed by atoms with E-state index >= 15 is 0 Å². The predicted octanol–water partition coefficient (Wildman–Crippen LogP) is 0.700. The van der Waals surface area contributed by atoms with Crippen molar-refractivity contribution >= 4 is 0 Å². The van der Waals surface area contributed by atoms with Crippen molar-refractivity contribution in [2.75, 3.05) is 0 Å². The second kappa shape index (κ2) is 1.96. The van der Waals surface area contributed by atoms with Gasteiger partial charge in [0.2, 0.25) is 0 Å². The largest absolute Gasteiger partial charge is 0.311 e. The molecule has 0 aliphatic carbocycles. The fourth-order valence-electron chi connectivity index (χ4n) is 2.01. The van der Waals surface area contributed by atoms with Crippen LogP contribution in [0.3, 0.4) is 0 Å². The Morgan fingerprint density at radius 2 is 1.67 bits per heavy atom. The molecule has 51 valence electrons. The van der Waals surface area contributed by atoms with Crippen molar-refractivity contribution in [2.24, 2.45) is 0 Å². The van der Waals surface area contributed by atoms with Crippen LogP contribution in [0.5, 0.6) is 0 Å². The van der Waals surface area contributed by atoms with Gasteiger partial charge < -0.3 is 5.32 Å². The molecule has 2 aliphatic rings. The van der Waals surface area contributed by atoms with E-state index in [0.29, 0.717) is 12.1 Å². The van der Waals surface area contributed by atoms with Crippen LogP contribution in [0.2, 0.25) is 0 Å². The van der Waals surface area contributed by atoms with Gasteiger partial charge >= 0.3 is 0 Å². The van der Waals surface area contributed by atoms with Crippen molar-refractivity contribution in [3.05, 3.63) is 0 Å². The number of piperidine rings is 1. The minimum Gasteiger partial charge on any atom is -0.311 e. The van der Waals surface area contributed by atoms with Crippen molar-refractivity contribution in [1.82, 2.24) is 5.32 Å². The van der Waals surface area contributed by atoms with E-state index in [4.69, 9.17) is 0 Å². The van der Waals surface area contributed by atoms with Crippen molar-refractivity contribution in [3.8, 4) is 0 Å². The molecule has 2 nitrogen and oxygen atoms in total. The number of hydrogen-bond acceptors (Lipinski definition) is 1. The van der Waals surface area contributed by atoms with E-state index in [1.165, 1.54) is 12.8 Å². The molecule has 3 atom stereocenters. The summed E-state index contributed by atoms with van der Waals surface area (Å²) in [5, 5.41) is 14.4. The SMILES string of the molecule is [O]C1C[C@H]2CC[C@@H](C1)N2. The second-order valence-electron chi connectivity index (χ2n) is 3.23. The third kappa shape index (κ3) is 0.970. The van der Waals surface area contributed by atoms with Crippen LogP contribution in [-0.4, -0.2) is 18.2 Å². The van der Waals surface area contributed by atoms with Gasteiger partial charge in [0.15, 0.2) is 0 Å². The molecular formula is C7H12NO. The van der Waals surface area contributed by atoms with E-state index < -0.39 is 0 Å². The zero-order chi connectivity index (χ0) is 6.27. The molecule has 0 aromatic rings. The standard InChI is InChI=1S/C7H12NO/c9-7-3-5-1-2-6(4-7)8-5/h5-8H,1-4H2/t5-,6+,7?. The zero-order valence-corrected chi connectivity index (χ0v) is 5.47. The Morgan fingerprint density at radius 1 is 1.11 bits per heavy atom. The van der Waals surface area contributed by atoms with Gasteiger partial charge in [-0.25, -0.2) is 5.11 Å². The smallest absolute Gasteiger partial charge is 0.0959 e. The summed E-state index contributed by atoms with van der Waals surface area (Å²) in [6.45, 7) is 0. The summed E-state index contributed by atoms with van der Waals surface area (Å²) < 4.78 is 0. The molecule has 0 saturated carbocycles. The summed E-state index contributed by atoms with van der Waals surface area (Å²) in [7, 11) is 0. The Labute approximate surface area is 55.3 Å². The lowest BCUT2D eigenvalue weighted by molar-refractivity contribution is 0.0456. The Hall–Kier alpha value is -0.0800. The lowest BCUT2D eigenvalue weighted by Gasteiger charge is -2.23. The van der Waals surface area contributed by atoms with E-state index in [2.05, 4.69) is 5.32 Å². The van der Waals surface area contributed by atoms with E-state index in [0.717, 1.165) is 12.8 Å². The molecule has 2 fully saturated rings. The number of hydrogen-bond donors (Lipinski definition) is 1. The van der Waals surface area contributed by atoms with Crippen LogP contribution in [-0.2, 0) is 5.11 Å². The quantitative estimate of drug-likeness (QED) is 0.509. The topological polar surface area (TPSA) is 31.9 Å². The molecule has 1 unspecified atom stereocenters. The Kier molecular flexibility index (Phi) is 1.24. The second-order valence-corrected chi connectivity index (χ2v) is 3.23. The van der Waals surface area contributed by atoms with Gasteiger partial charge in [0, 0.05) is 12.1 Å². The Morgan fingerprint density at radius 3 is 2.22 bits per heavy atom. The first kappa shape index (κ1) is 5.69. The molecule has 1 N–H and O–H groups in total. The lowest BCUT2D eigenvalue weighted by atomic mass is 10.0. The van der Waals surface area contributed by atoms with Crippen LogP contribution >= 0.6 is 0 Å². The average molecular weight is 126 g/mol. The van der Waals surface area contributed by atoms with Crippen LogP contribution in [0.15, 0.2) is 0 Å². The molecule has 2 bridgehead atoms. The highest BCUT2D eigenvalue weighted by Gasteiger charge is 2.32. The monoisotopic (exact) mass is 126 g/mol. The van der Waals surface area contributed by atoms with Crippen molar-refractivity contribution in [2.45, 2.75) is 43.9 Å². The van der Waals surface area contributed by atoms with Gasteiger partial charge in [-0.1, -0.05) is 0 Å². The summed E-state index contributed by atoms with van der Waals surface area (Å²) in [4.78, 5) is 0. The highest BCUT2D eigenvalue weighted by atomic mass is 16.3. The molecule has 0 spiro atoms. The van der Waals surface area contributed by atoms with Gasteiger partial charge in [-0.2, -0.15) is 0 Å². The van der Waals surface area contributed by atoms with E-state index in [1.54, 1.807) is 0 Å². The molecule has 9 heavy (non-hydrogen) atoms. The molecule has 2 heteroatoms. The van der Waals surface area contributed by atoms with Gasteiger partial charge in [0.05, 0.1) is 6.10 Å². The average Bonchev–Trinajstić information content (AvgIpc) is 2.11. The summed E-state index contributed by atoms with van der Waals surface area (Å²) in [5.41, 5.74) is 0. The van der Waals surface area contributed by atoms with Gasteiger partial charge in [-0.3, -0.25) is 0 Å². The summed E-state index contributed by atoms with van der Waals surface area (Å²) in [6.07, 6.45) is 3.96. The maximum absolute atomic E-state index is 11.0. The molecule has 1 radical (unpaired) electrons. The number of rotatable bonds is 0. The van der Waals surface area contributed by atoms with E-state index in [-0.39, 0.29) is 6.10 Å². The summed E-state index contributed by atoms with van der Waals surface area (Å²) >= 11 is 0. The van der Waals surface area contributed by atoms with Gasteiger partial charge in [0.25, 0.3) is 0 Å². The molecule has 2 heterocycles. The molecule has 0 amide bonds. The first-order valence-corrected chi connectivity index (χ1v) is 3.76. The fourth-order valence-corrected chi connectivity index (χ4v) is 2.01. The van der Waals surface area contributed by atoms with E-state index in [9.17, 15) is 5.11 Å². The molecule has 2 rings (SSSR count). The van der Waals surface area contributed by atoms with Crippen molar-refractivity contribution < 1.29 is 5.11 Å². The predicted molar refractivity (Wildman–Crippen MR) is 33.7 cm³/mol. The van der Waals surface area contributed by atoms with Crippen LogP contribution in [0.25, 0.3) is 0 Å². The zero-order valence-electron chi connectivity index (χ0n) is 5.47. The van der Waals surface area contributed by atoms with Crippen LogP contribution in [0, 0.1) is 0 Å². The maximum Gasteiger partial charge on any atom is 0.0959 e. The number of nitrogens with one attached hydrogen (secondary N) is 1. The minimum atomic E-state index is -0.260. The summed E-state index contributed by atoms with van der Waals surface area (Å²) in [5.74, 6) is 0. The first-order valence-electron chi connectivity index (χ1n) is 3.76. The van der Waals surface area contributed by atoms with Gasteiger partial charge in [0.1, 0.15) is 0 Å². The van der Waals surface area contributed by atoms with Gasteiger partial charge in [-0.15, -0.1) is 0 Å². The van der Waals surface area contributed by atoms with Crippen molar-refractivity contribution in [3.63, 3.8) is 0 Å².